The zero-order valence-corrected chi connectivity index (χ0v) is 21.8. The Labute approximate surface area is 228 Å². The standard InChI is InChI=1S/C28H27F2N5O.C2H6.CH4/c1-3-5-6-20(4-2)35-28(36)21-16-34(27-23(30)12-11-22(29)25(27)26(21)33-35)15-17-7-9-19(10-8-17)32-24-13-18(24)14-31;1-2;/h3-4,6-7,9-12,14,16-18,24,31-32H,1-2,5,8,13,15H2;1-2H3;1H4/b20-6+,31-14?;;. The molecule has 8 heteroatoms. The second-order valence-corrected chi connectivity index (χ2v) is 9.20. The van der Waals surface area contributed by atoms with Gasteiger partial charge in [0.15, 0.2) is 0 Å². The Bertz CT molecular complexity index is 1490. The Kier molecular flexibility index (Phi) is 9.56. The van der Waals surface area contributed by atoms with Gasteiger partial charge in [-0.3, -0.25) is 4.79 Å². The van der Waals surface area contributed by atoms with E-state index < -0.39 is 17.2 Å². The zero-order valence-electron chi connectivity index (χ0n) is 21.8. The summed E-state index contributed by atoms with van der Waals surface area (Å²) < 4.78 is 33.0. The third kappa shape index (κ3) is 5.85. The number of allylic oxidation sites excluding steroid dienone is 7. The summed E-state index contributed by atoms with van der Waals surface area (Å²) in [5.74, 6) is -0.895. The number of nitrogens with zero attached hydrogens (tertiary/aromatic N) is 3. The highest BCUT2D eigenvalue weighted by Crippen LogP contribution is 2.34. The first kappa shape index (κ1) is 29.5. The van der Waals surface area contributed by atoms with Crippen LogP contribution in [0.2, 0.25) is 0 Å². The maximum atomic E-state index is 15.1. The molecule has 1 aromatic carbocycles. The van der Waals surface area contributed by atoms with Crippen LogP contribution >= 0.6 is 0 Å². The van der Waals surface area contributed by atoms with E-state index >= 15 is 8.78 Å². The first-order valence-corrected chi connectivity index (χ1v) is 12.9. The Balaban J connectivity index is 0.00000137. The number of hydrogen-bond acceptors (Lipinski definition) is 4. The highest BCUT2D eigenvalue weighted by molar-refractivity contribution is 5.94. The van der Waals surface area contributed by atoms with Crippen LogP contribution in [0.25, 0.3) is 27.9 Å². The Morgan fingerprint density at radius 2 is 2.00 bits per heavy atom. The molecule has 1 saturated carbocycles. The summed E-state index contributed by atoms with van der Waals surface area (Å²) in [5.41, 5.74) is 1.45. The van der Waals surface area contributed by atoms with E-state index in [2.05, 4.69) is 29.6 Å². The van der Waals surface area contributed by atoms with Crippen LogP contribution in [0, 0.1) is 28.9 Å². The van der Waals surface area contributed by atoms with Crippen LogP contribution in [-0.2, 0) is 6.54 Å². The van der Waals surface area contributed by atoms with Gasteiger partial charge in [-0.05, 0) is 49.5 Å². The van der Waals surface area contributed by atoms with Crippen molar-refractivity contribution in [3.63, 3.8) is 0 Å². The van der Waals surface area contributed by atoms with Gasteiger partial charge in [0.25, 0.3) is 5.56 Å². The third-order valence-corrected chi connectivity index (χ3v) is 6.74. The fraction of sp³-hybridized carbons (Fsp3) is 0.323. The van der Waals surface area contributed by atoms with E-state index in [-0.39, 0.29) is 35.5 Å². The van der Waals surface area contributed by atoms with Crippen molar-refractivity contribution in [3.8, 4) is 11.3 Å². The number of hydrogen-bond donors (Lipinski definition) is 2. The van der Waals surface area contributed by atoms with Crippen LogP contribution in [0.3, 0.4) is 0 Å². The predicted octanol–water partition coefficient (Wildman–Crippen LogP) is 6.93. The van der Waals surface area contributed by atoms with E-state index in [1.807, 2.05) is 26.0 Å². The quantitative estimate of drug-likeness (QED) is 0.178. The maximum Gasteiger partial charge on any atom is 0.282 e. The summed E-state index contributed by atoms with van der Waals surface area (Å²) in [6.07, 6.45) is 16.3. The van der Waals surface area contributed by atoms with Crippen molar-refractivity contribution < 1.29 is 8.78 Å². The van der Waals surface area contributed by atoms with Crippen LogP contribution in [-0.4, -0.2) is 26.6 Å². The van der Waals surface area contributed by atoms with Crippen LogP contribution < -0.4 is 10.9 Å². The SMILES string of the molecule is C.C=CC/C=C(\C=C)n1nc2c3c(F)ccc(F)c3n(CC3C=CC(NC4CC4C=N)=CC3)cc-2c1=O.CC. The molecule has 39 heavy (non-hydrogen) atoms. The molecule has 0 saturated heterocycles. The second-order valence-electron chi connectivity index (χ2n) is 9.20. The molecule has 3 unspecified atom stereocenters. The van der Waals surface area contributed by atoms with Crippen LogP contribution in [0.5, 0.6) is 0 Å². The van der Waals surface area contributed by atoms with Crippen LogP contribution in [0.15, 0.2) is 78.4 Å². The van der Waals surface area contributed by atoms with Crippen molar-refractivity contribution in [1.82, 2.24) is 19.7 Å². The lowest BCUT2D eigenvalue weighted by Gasteiger charge is -2.21. The van der Waals surface area contributed by atoms with Gasteiger partial charge in [0, 0.05) is 36.6 Å². The van der Waals surface area contributed by atoms with E-state index in [1.54, 1.807) is 22.9 Å². The Morgan fingerprint density at radius 3 is 2.62 bits per heavy atom. The monoisotopic (exact) mass is 533 g/mol. The number of rotatable bonds is 9. The zero-order chi connectivity index (χ0) is 27.4. The molecule has 2 aliphatic heterocycles. The summed E-state index contributed by atoms with van der Waals surface area (Å²) in [5, 5.41) is 15.1. The predicted molar refractivity (Wildman–Crippen MR) is 157 cm³/mol. The molecule has 3 atom stereocenters. The summed E-state index contributed by atoms with van der Waals surface area (Å²) in [6, 6.07) is 2.47. The average Bonchev–Trinajstić information content (AvgIpc) is 3.62. The topological polar surface area (TPSA) is 75.7 Å². The molecule has 2 N–H and O–H groups in total. The van der Waals surface area contributed by atoms with Gasteiger partial charge in [0.05, 0.1) is 22.2 Å². The lowest BCUT2D eigenvalue weighted by Crippen LogP contribution is -2.20. The van der Waals surface area contributed by atoms with Gasteiger partial charge in [-0.2, -0.15) is 9.78 Å². The molecule has 1 aromatic rings. The molecular weight excluding hydrogens is 496 g/mol. The summed E-state index contributed by atoms with van der Waals surface area (Å²) >= 11 is 0. The molecule has 1 fully saturated rings. The first-order chi connectivity index (χ1) is 18.4. The molecule has 0 aromatic heterocycles. The maximum absolute atomic E-state index is 15.1. The van der Waals surface area contributed by atoms with Crippen molar-refractivity contribution in [2.75, 3.05) is 0 Å². The number of nitrogens with one attached hydrogen (secondary N) is 2. The van der Waals surface area contributed by atoms with Crippen LogP contribution in [0.1, 0.15) is 40.5 Å². The van der Waals surface area contributed by atoms with Crippen molar-refractivity contribution in [1.29, 1.82) is 5.41 Å². The normalized spacial score (nSPS) is 19.9. The fourth-order valence-corrected chi connectivity index (χ4v) is 4.70. The molecule has 4 aliphatic rings. The minimum absolute atomic E-state index is 0. The van der Waals surface area contributed by atoms with Gasteiger partial charge in [0.2, 0.25) is 0 Å². The summed E-state index contributed by atoms with van der Waals surface area (Å²) in [6.45, 7) is 11.8. The number of halogens is 2. The molecule has 2 heterocycles. The molecule has 6 nitrogen and oxygen atoms in total. The van der Waals surface area contributed by atoms with Crippen molar-refractivity contribution >= 4 is 22.8 Å². The van der Waals surface area contributed by atoms with Gasteiger partial charge in [-0.1, -0.05) is 52.2 Å². The van der Waals surface area contributed by atoms with Gasteiger partial charge < -0.3 is 15.3 Å². The minimum Gasteiger partial charge on any atom is -0.382 e. The first-order valence-electron chi connectivity index (χ1n) is 12.9. The van der Waals surface area contributed by atoms with E-state index in [1.165, 1.54) is 17.0 Å². The smallest absolute Gasteiger partial charge is 0.282 e. The lowest BCUT2D eigenvalue weighted by molar-refractivity contribution is 0.526. The van der Waals surface area contributed by atoms with Gasteiger partial charge in [-0.15, -0.1) is 6.58 Å². The average molecular weight is 534 g/mol. The minimum atomic E-state index is -0.638. The Morgan fingerprint density at radius 1 is 1.26 bits per heavy atom. The lowest BCUT2D eigenvalue weighted by atomic mass is 9.98. The van der Waals surface area contributed by atoms with Gasteiger partial charge >= 0.3 is 0 Å². The van der Waals surface area contributed by atoms with E-state index in [0.717, 1.165) is 24.3 Å². The van der Waals surface area contributed by atoms with E-state index in [9.17, 15) is 4.79 Å². The van der Waals surface area contributed by atoms with E-state index in [4.69, 9.17) is 5.41 Å². The Hall–Kier alpha value is -4.07. The molecular formula is C31H37F2N5O. The molecule has 0 radical (unpaired) electrons. The molecule has 206 valence electrons. The molecule has 2 aliphatic carbocycles. The van der Waals surface area contributed by atoms with Crippen LogP contribution in [0.4, 0.5) is 8.78 Å². The fourth-order valence-electron chi connectivity index (χ4n) is 4.70. The van der Waals surface area contributed by atoms with E-state index in [0.29, 0.717) is 37.0 Å². The second kappa shape index (κ2) is 12.7. The molecule has 5 rings (SSSR count). The largest absolute Gasteiger partial charge is 0.382 e. The van der Waals surface area contributed by atoms with Crippen molar-refractivity contribution in [2.45, 2.75) is 53.1 Å². The number of benzene rings is 1. The van der Waals surface area contributed by atoms with Crippen molar-refractivity contribution in [2.24, 2.45) is 11.8 Å². The van der Waals surface area contributed by atoms with Crippen molar-refractivity contribution in [3.05, 3.63) is 95.6 Å². The third-order valence-electron chi connectivity index (χ3n) is 6.74. The summed E-state index contributed by atoms with van der Waals surface area (Å²) in [7, 11) is 0. The highest BCUT2D eigenvalue weighted by atomic mass is 19.1. The molecule has 0 amide bonds. The molecule has 0 bridgehead atoms. The number of fused-ring (bicyclic) bond motifs is 3. The summed E-state index contributed by atoms with van der Waals surface area (Å²) in [4.78, 5) is 13.3. The van der Waals surface area contributed by atoms with Gasteiger partial charge in [0.1, 0.15) is 17.3 Å². The highest BCUT2D eigenvalue weighted by Gasteiger charge is 2.35. The molecule has 0 spiro atoms. The number of pyridine rings is 1. The van der Waals surface area contributed by atoms with Gasteiger partial charge in [-0.25, -0.2) is 8.78 Å². The number of aromatic nitrogens is 3.